The minimum absolute atomic E-state index is 0.0446. The summed E-state index contributed by atoms with van der Waals surface area (Å²) in [4.78, 5) is 0. The van der Waals surface area contributed by atoms with Crippen molar-refractivity contribution in [2.24, 2.45) is 17.7 Å². The first kappa shape index (κ1) is 10.9. The molecule has 0 aromatic rings. The smallest absolute Gasteiger partial charge is 0.0308 e. The van der Waals surface area contributed by atoms with Crippen LogP contribution >= 0.6 is 0 Å². The van der Waals surface area contributed by atoms with Crippen LogP contribution in [-0.4, -0.2) is 5.54 Å². The zero-order valence-corrected chi connectivity index (χ0v) is 8.23. The third-order valence-electron chi connectivity index (χ3n) is 2.53. The fraction of sp³-hybridized carbons (Fsp3) is 1.00. The first-order valence-corrected chi connectivity index (χ1v) is 4.14. The van der Waals surface area contributed by atoms with Crippen molar-refractivity contribution in [1.29, 1.82) is 0 Å². The van der Waals surface area contributed by atoms with Crippen molar-refractivity contribution in [1.82, 2.24) is 11.0 Å². The molecule has 68 valence electrons. The van der Waals surface area contributed by atoms with E-state index in [9.17, 15) is 0 Å². The summed E-state index contributed by atoms with van der Waals surface area (Å²) < 4.78 is 0. The van der Waals surface area contributed by atoms with E-state index < -0.39 is 0 Å². The maximum absolute atomic E-state index is 5.19. The SMILES string of the molecule is CC(C)C(C)C(C)(C)NNN. The zero-order chi connectivity index (χ0) is 9.07. The second-order valence-corrected chi connectivity index (χ2v) is 4.02. The molecule has 1 unspecified atom stereocenters. The molecule has 0 aromatic heterocycles. The summed E-state index contributed by atoms with van der Waals surface area (Å²) in [6.45, 7) is 10.9. The van der Waals surface area contributed by atoms with Crippen LogP contribution in [0.25, 0.3) is 0 Å². The molecule has 0 heterocycles. The Hall–Kier alpha value is -0.120. The third kappa shape index (κ3) is 3.18. The van der Waals surface area contributed by atoms with Gasteiger partial charge < -0.3 is 0 Å². The summed E-state index contributed by atoms with van der Waals surface area (Å²) in [6, 6.07) is 0. The average molecular weight is 159 g/mol. The predicted octanol–water partition coefficient (Wildman–Crippen LogP) is 1.03. The molecule has 3 nitrogen and oxygen atoms in total. The zero-order valence-electron chi connectivity index (χ0n) is 8.23. The summed E-state index contributed by atoms with van der Waals surface area (Å²) in [7, 11) is 0. The predicted molar refractivity (Wildman–Crippen MR) is 48.5 cm³/mol. The van der Waals surface area contributed by atoms with Crippen molar-refractivity contribution in [3.63, 3.8) is 0 Å². The number of nitrogens with one attached hydrogen (secondary N) is 2. The van der Waals surface area contributed by atoms with Crippen LogP contribution in [0.3, 0.4) is 0 Å². The molecule has 0 radical (unpaired) electrons. The van der Waals surface area contributed by atoms with Gasteiger partial charge in [0.15, 0.2) is 0 Å². The van der Waals surface area contributed by atoms with Crippen LogP contribution in [0.2, 0.25) is 0 Å². The molecule has 0 amide bonds. The number of hydrogen-bond acceptors (Lipinski definition) is 3. The summed E-state index contributed by atoms with van der Waals surface area (Å²) in [6.07, 6.45) is 0. The summed E-state index contributed by atoms with van der Waals surface area (Å²) in [5, 5.41) is 0. The number of nitrogens with two attached hydrogens (primary N) is 1. The summed E-state index contributed by atoms with van der Waals surface area (Å²) in [5.74, 6) is 6.43. The largest absolute Gasteiger partial charge is 0.258 e. The molecule has 0 aliphatic carbocycles. The van der Waals surface area contributed by atoms with Gasteiger partial charge in [-0.2, -0.15) is 5.53 Å². The van der Waals surface area contributed by atoms with Crippen molar-refractivity contribution >= 4 is 0 Å². The quantitative estimate of drug-likeness (QED) is 0.424. The van der Waals surface area contributed by atoms with Gasteiger partial charge in [0, 0.05) is 5.54 Å². The van der Waals surface area contributed by atoms with E-state index in [4.69, 9.17) is 5.84 Å². The Labute approximate surface area is 69.7 Å². The molecule has 0 fully saturated rings. The molecule has 0 rings (SSSR count). The Morgan fingerprint density at radius 3 is 1.91 bits per heavy atom. The Balaban J connectivity index is 4.05. The summed E-state index contributed by atoms with van der Waals surface area (Å²) >= 11 is 0. The topological polar surface area (TPSA) is 50.1 Å². The fourth-order valence-electron chi connectivity index (χ4n) is 1.13. The number of hydrazine groups is 2. The molecular formula is C8H21N3. The first-order chi connectivity index (χ1) is 4.91. The maximum Gasteiger partial charge on any atom is 0.0308 e. The van der Waals surface area contributed by atoms with E-state index in [-0.39, 0.29) is 5.54 Å². The molecule has 0 bridgehead atoms. The molecule has 4 N–H and O–H groups in total. The van der Waals surface area contributed by atoms with E-state index in [0.717, 1.165) is 0 Å². The van der Waals surface area contributed by atoms with Gasteiger partial charge in [-0.3, -0.25) is 5.84 Å². The normalized spacial score (nSPS) is 15.5. The second kappa shape index (κ2) is 4.04. The molecule has 1 atom stereocenters. The Kier molecular flexibility index (Phi) is 4.00. The van der Waals surface area contributed by atoms with Crippen LogP contribution in [0.5, 0.6) is 0 Å². The van der Waals surface area contributed by atoms with Gasteiger partial charge >= 0.3 is 0 Å². The van der Waals surface area contributed by atoms with Crippen LogP contribution in [-0.2, 0) is 0 Å². The second-order valence-electron chi connectivity index (χ2n) is 4.02. The van der Waals surface area contributed by atoms with Crippen molar-refractivity contribution < 1.29 is 0 Å². The molecule has 11 heavy (non-hydrogen) atoms. The lowest BCUT2D eigenvalue weighted by Gasteiger charge is -2.34. The lowest BCUT2D eigenvalue weighted by atomic mass is 9.81. The highest BCUT2D eigenvalue weighted by Gasteiger charge is 2.26. The summed E-state index contributed by atoms with van der Waals surface area (Å²) in [5.41, 5.74) is 5.57. The Bertz CT molecular complexity index is 110. The Morgan fingerprint density at radius 1 is 1.18 bits per heavy atom. The minimum Gasteiger partial charge on any atom is -0.258 e. The Morgan fingerprint density at radius 2 is 1.64 bits per heavy atom. The maximum atomic E-state index is 5.19. The first-order valence-electron chi connectivity index (χ1n) is 4.14. The van der Waals surface area contributed by atoms with E-state index in [2.05, 4.69) is 45.6 Å². The van der Waals surface area contributed by atoms with Gasteiger partial charge in [-0.15, -0.1) is 0 Å². The van der Waals surface area contributed by atoms with E-state index >= 15 is 0 Å². The van der Waals surface area contributed by atoms with Crippen molar-refractivity contribution in [3.05, 3.63) is 0 Å². The lowest BCUT2D eigenvalue weighted by Crippen LogP contribution is -2.55. The van der Waals surface area contributed by atoms with E-state index in [1.165, 1.54) is 0 Å². The van der Waals surface area contributed by atoms with Gasteiger partial charge in [-0.1, -0.05) is 20.8 Å². The van der Waals surface area contributed by atoms with Gasteiger partial charge in [-0.05, 0) is 25.7 Å². The van der Waals surface area contributed by atoms with Gasteiger partial charge in [0.05, 0.1) is 0 Å². The van der Waals surface area contributed by atoms with Crippen molar-refractivity contribution in [2.75, 3.05) is 0 Å². The molecule has 0 aromatic carbocycles. The molecule has 0 aliphatic heterocycles. The molecule has 0 saturated heterocycles. The number of hydrogen-bond donors (Lipinski definition) is 3. The van der Waals surface area contributed by atoms with Crippen molar-refractivity contribution in [3.8, 4) is 0 Å². The van der Waals surface area contributed by atoms with E-state index in [1.54, 1.807) is 0 Å². The lowest BCUT2D eigenvalue weighted by molar-refractivity contribution is 0.190. The van der Waals surface area contributed by atoms with Gasteiger partial charge in [0.2, 0.25) is 0 Å². The van der Waals surface area contributed by atoms with Crippen LogP contribution in [0, 0.1) is 11.8 Å². The van der Waals surface area contributed by atoms with Crippen LogP contribution in [0.4, 0.5) is 0 Å². The van der Waals surface area contributed by atoms with Crippen LogP contribution < -0.4 is 16.8 Å². The minimum atomic E-state index is 0.0446. The monoisotopic (exact) mass is 159 g/mol. The molecule has 0 saturated carbocycles. The molecule has 0 aliphatic rings. The van der Waals surface area contributed by atoms with E-state index in [1.807, 2.05) is 0 Å². The number of rotatable bonds is 4. The highest BCUT2D eigenvalue weighted by atomic mass is 15.5. The molecule has 0 spiro atoms. The van der Waals surface area contributed by atoms with Gasteiger partial charge in [0.25, 0.3) is 0 Å². The molecule has 3 heteroatoms. The highest BCUT2D eigenvalue weighted by molar-refractivity contribution is 4.82. The van der Waals surface area contributed by atoms with Gasteiger partial charge in [0.1, 0.15) is 0 Å². The standard InChI is InChI=1S/C8H21N3/c1-6(2)7(3)8(4,5)10-11-9/h6-7,10-11H,9H2,1-5H3. The van der Waals surface area contributed by atoms with Gasteiger partial charge in [-0.25, -0.2) is 5.43 Å². The fourth-order valence-corrected chi connectivity index (χ4v) is 1.13. The molecular weight excluding hydrogens is 138 g/mol. The van der Waals surface area contributed by atoms with E-state index in [0.29, 0.717) is 11.8 Å². The average Bonchev–Trinajstić information content (AvgIpc) is 1.86. The third-order valence-corrected chi connectivity index (χ3v) is 2.53. The highest BCUT2D eigenvalue weighted by Crippen LogP contribution is 2.22. The van der Waals surface area contributed by atoms with Crippen LogP contribution in [0.15, 0.2) is 0 Å². The van der Waals surface area contributed by atoms with Crippen LogP contribution in [0.1, 0.15) is 34.6 Å². The van der Waals surface area contributed by atoms with Crippen molar-refractivity contribution in [2.45, 2.75) is 40.2 Å².